The molecule has 0 saturated carbocycles. The number of rotatable bonds is 4. The fourth-order valence-corrected chi connectivity index (χ4v) is 1.68. The molecule has 0 amide bonds. The van der Waals surface area contributed by atoms with Crippen molar-refractivity contribution in [2.75, 3.05) is 11.1 Å². The SMILES string of the molecule is Nc1ncc([N+](=O)[O-])c(NCc2ccccc2Cl)n1. The smallest absolute Gasteiger partial charge is 0.329 e. The van der Waals surface area contributed by atoms with Gasteiger partial charge in [0.15, 0.2) is 0 Å². The normalized spacial score (nSPS) is 10.2. The van der Waals surface area contributed by atoms with Crippen molar-refractivity contribution >= 4 is 29.1 Å². The van der Waals surface area contributed by atoms with Crippen LogP contribution < -0.4 is 11.1 Å². The Morgan fingerprint density at radius 3 is 2.84 bits per heavy atom. The van der Waals surface area contributed by atoms with Gasteiger partial charge in [-0.2, -0.15) is 4.98 Å². The molecule has 0 atom stereocenters. The van der Waals surface area contributed by atoms with Gasteiger partial charge in [0.05, 0.1) is 4.92 Å². The monoisotopic (exact) mass is 279 g/mol. The standard InChI is InChI=1S/C11H10ClN5O2/c12-8-4-2-1-3-7(8)5-14-10-9(17(18)19)6-15-11(13)16-10/h1-4,6H,5H2,(H3,13,14,15,16). The fourth-order valence-electron chi connectivity index (χ4n) is 1.47. The van der Waals surface area contributed by atoms with E-state index in [1.54, 1.807) is 12.1 Å². The van der Waals surface area contributed by atoms with E-state index >= 15 is 0 Å². The van der Waals surface area contributed by atoms with E-state index < -0.39 is 4.92 Å². The second-order valence-corrected chi connectivity index (χ2v) is 4.07. The zero-order chi connectivity index (χ0) is 13.8. The van der Waals surface area contributed by atoms with Crippen LogP contribution >= 0.6 is 11.6 Å². The van der Waals surface area contributed by atoms with E-state index in [1.807, 2.05) is 12.1 Å². The summed E-state index contributed by atoms with van der Waals surface area (Å²) in [6.45, 7) is 0.303. The van der Waals surface area contributed by atoms with Crippen LogP contribution in [0.2, 0.25) is 5.02 Å². The Morgan fingerprint density at radius 1 is 1.42 bits per heavy atom. The van der Waals surface area contributed by atoms with Crippen molar-refractivity contribution in [3.05, 3.63) is 51.2 Å². The maximum atomic E-state index is 10.8. The molecule has 0 bridgehead atoms. The molecule has 8 heteroatoms. The highest BCUT2D eigenvalue weighted by Crippen LogP contribution is 2.23. The van der Waals surface area contributed by atoms with Crippen molar-refractivity contribution in [3.8, 4) is 0 Å². The average Bonchev–Trinajstić information content (AvgIpc) is 2.37. The van der Waals surface area contributed by atoms with Crippen molar-refractivity contribution in [2.24, 2.45) is 0 Å². The molecule has 0 radical (unpaired) electrons. The highest BCUT2D eigenvalue weighted by molar-refractivity contribution is 6.31. The summed E-state index contributed by atoms with van der Waals surface area (Å²) in [5, 5.41) is 14.2. The van der Waals surface area contributed by atoms with Crippen LogP contribution in [0.1, 0.15) is 5.56 Å². The predicted octanol–water partition coefficient (Wildman–Crippen LogP) is 2.23. The van der Waals surface area contributed by atoms with Gasteiger partial charge in [-0.15, -0.1) is 0 Å². The third-order valence-corrected chi connectivity index (χ3v) is 2.76. The summed E-state index contributed by atoms with van der Waals surface area (Å²) < 4.78 is 0. The first kappa shape index (κ1) is 13.0. The number of hydrogen-bond donors (Lipinski definition) is 2. The van der Waals surface area contributed by atoms with Crippen LogP contribution in [-0.4, -0.2) is 14.9 Å². The lowest BCUT2D eigenvalue weighted by Crippen LogP contribution is -2.07. The fraction of sp³-hybridized carbons (Fsp3) is 0.0909. The number of anilines is 2. The lowest BCUT2D eigenvalue weighted by atomic mass is 10.2. The molecule has 0 aliphatic carbocycles. The summed E-state index contributed by atoms with van der Waals surface area (Å²) >= 11 is 5.99. The van der Waals surface area contributed by atoms with Crippen LogP contribution in [0.25, 0.3) is 0 Å². The van der Waals surface area contributed by atoms with E-state index in [-0.39, 0.29) is 17.5 Å². The first-order chi connectivity index (χ1) is 9.08. The van der Waals surface area contributed by atoms with Gasteiger partial charge in [0, 0.05) is 11.6 Å². The molecule has 0 saturated heterocycles. The van der Waals surface area contributed by atoms with Crippen LogP contribution in [0, 0.1) is 10.1 Å². The summed E-state index contributed by atoms with van der Waals surface area (Å²) in [6, 6.07) is 7.18. The third kappa shape index (κ3) is 3.08. The van der Waals surface area contributed by atoms with E-state index in [9.17, 15) is 10.1 Å². The number of benzene rings is 1. The Morgan fingerprint density at radius 2 is 2.16 bits per heavy atom. The molecule has 98 valence electrons. The molecule has 0 fully saturated rings. The van der Waals surface area contributed by atoms with Gasteiger partial charge in [-0.1, -0.05) is 29.8 Å². The zero-order valence-corrected chi connectivity index (χ0v) is 10.5. The molecule has 2 aromatic rings. The molecule has 3 N–H and O–H groups in total. The van der Waals surface area contributed by atoms with Gasteiger partial charge in [-0.05, 0) is 11.6 Å². The van der Waals surface area contributed by atoms with Gasteiger partial charge in [0.1, 0.15) is 6.20 Å². The van der Waals surface area contributed by atoms with Crippen LogP contribution in [0.15, 0.2) is 30.5 Å². The predicted molar refractivity (Wildman–Crippen MR) is 71.9 cm³/mol. The number of halogens is 1. The lowest BCUT2D eigenvalue weighted by Gasteiger charge is -2.07. The minimum Gasteiger partial charge on any atom is -0.368 e. The molecule has 2 rings (SSSR count). The molecule has 7 nitrogen and oxygen atoms in total. The third-order valence-electron chi connectivity index (χ3n) is 2.39. The Hall–Kier alpha value is -2.41. The molecule has 0 unspecified atom stereocenters. The Balaban J connectivity index is 2.22. The maximum absolute atomic E-state index is 10.8. The van der Waals surface area contributed by atoms with Crippen molar-refractivity contribution < 1.29 is 4.92 Å². The number of nitrogen functional groups attached to an aromatic ring is 1. The van der Waals surface area contributed by atoms with E-state index in [4.69, 9.17) is 17.3 Å². The second kappa shape index (κ2) is 5.49. The molecule has 1 aromatic carbocycles. The van der Waals surface area contributed by atoms with Crippen molar-refractivity contribution in [2.45, 2.75) is 6.54 Å². The van der Waals surface area contributed by atoms with Crippen molar-refractivity contribution in [1.82, 2.24) is 9.97 Å². The quantitative estimate of drug-likeness (QED) is 0.656. The highest BCUT2D eigenvalue weighted by atomic mass is 35.5. The molecule has 0 aliphatic rings. The molecular weight excluding hydrogens is 270 g/mol. The van der Waals surface area contributed by atoms with Gasteiger partial charge >= 0.3 is 5.69 Å². The summed E-state index contributed by atoms with van der Waals surface area (Å²) in [4.78, 5) is 17.7. The molecule has 1 aromatic heterocycles. The van der Waals surface area contributed by atoms with E-state index in [1.165, 1.54) is 0 Å². The van der Waals surface area contributed by atoms with Gasteiger partial charge in [0.25, 0.3) is 0 Å². The second-order valence-electron chi connectivity index (χ2n) is 3.66. The summed E-state index contributed by atoms with van der Waals surface area (Å²) in [5.74, 6) is 0.0321. The zero-order valence-electron chi connectivity index (χ0n) is 9.71. The molecule has 0 aliphatic heterocycles. The van der Waals surface area contributed by atoms with E-state index in [0.29, 0.717) is 11.6 Å². The number of nitrogens with two attached hydrogens (primary N) is 1. The lowest BCUT2D eigenvalue weighted by molar-refractivity contribution is -0.384. The Labute approximate surface area is 113 Å². The van der Waals surface area contributed by atoms with E-state index in [0.717, 1.165) is 11.8 Å². The first-order valence-electron chi connectivity index (χ1n) is 5.32. The summed E-state index contributed by atoms with van der Waals surface area (Å²) in [6.07, 6.45) is 1.07. The number of aromatic nitrogens is 2. The van der Waals surface area contributed by atoms with Crippen LogP contribution in [-0.2, 0) is 6.54 Å². The Kier molecular flexibility index (Phi) is 3.76. The highest BCUT2D eigenvalue weighted by Gasteiger charge is 2.16. The van der Waals surface area contributed by atoms with Gasteiger partial charge in [-0.25, -0.2) is 4.98 Å². The van der Waals surface area contributed by atoms with Crippen LogP contribution in [0.3, 0.4) is 0 Å². The summed E-state index contributed by atoms with van der Waals surface area (Å²) in [7, 11) is 0. The molecular formula is C11H10ClN5O2. The number of nitro groups is 1. The molecule has 1 heterocycles. The number of hydrogen-bond acceptors (Lipinski definition) is 6. The van der Waals surface area contributed by atoms with Gasteiger partial charge in [0.2, 0.25) is 11.8 Å². The number of nitrogens with one attached hydrogen (secondary N) is 1. The minimum absolute atomic E-state index is 0.0349. The Bertz CT molecular complexity index is 620. The van der Waals surface area contributed by atoms with Crippen LogP contribution in [0.5, 0.6) is 0 Å². The number of nitrogens with zero attached hydrogens (tertiary/aromatic N) is 3. The summed E-state index contributed by atoms with van der Waals surface area (Å²) in [5.41, 5.74) is 5.98. The van der Waals surface area contributed by atoms with Crippen molar-refractivity contribution in [1.29, 1.82) is 0 Å². The van der Waals surface area contributed by atoms with Gasteiger partial charge < -0.3 is 11.1 Å². The largest absolute Gasteiger partial charge is 0.368 e. The molecule has 19 heavy (non-hydrogen) atoms. The van der Waals surface area contributed by atoms with Gasteiger partial charge in [-0.3, -0.25) is 10.1 Å². The van der Waals surface area contributed by atoms with Crippen molar-refractivity contribution in [3.63, 3.8) is 0 Å². The maximum Gasteiger partial charge on any atom is 0.329 e. The topological polar surface area (TPSA) is 107 Å². The van der Waals surface area contributed by atoms with Crippen LogP contribution in [0.4, 0.5) is 17.5 Å². The molecule has 0 spiro atoms. The van der Waals surface area contributed by atoms with E-state index in [2.05, 4.69) is 15.3 Å². The minimum atomic E-state index is -0.575. The average molecular weight is 280 g/mol. The first-order valence-corrected chi connectivity index (χ1v) is 5.70.